The van der Waals surface area contributed by atoms with Crippen molar-refractivity contribution in [1.29, 1.82) is 0 Å². The number of nitrogen functional groups attached to an aromatic ring is 1. The van der Waals surface area contributed by atoms with Gasteiger partial charge in [0.15, 0.2) is 5.82 Å². The highest BCUT2D eigenvalue weighted by Crippen LogP contribution is 2.33. The molecule has 1 aliphatic heterocycles. The average Bonchev–Trinajstić information content (AvgIpc) is 3.03. The van der Waals surface area contributed by atoms with Crippen LogP contribution in [-0.2, 0) is 0 Å². The fraction of sp³-hybridized carbons (Fsp3) is 0.167. The monoisotopic (exact) mass is 337 g/mol. The van der Waals surface area contributed by atoms with Gasteiger partial charge in [0.25, 0.3) is 5.91 Å². The molecule has 3 aromatic rings. The second-order valence-corrected chi connectivity index (χ2v) is 5.91. The predicted octanol–water partition coefficient (Wildman–Crippen LogP) is 2.91. The third kappa shape index (κ3) is 2.73. The lowest BCUT2D eigenvalue weighted by Crippen LogP contribution is -2.28. The lowest BCUT2D eigenvalue weighted by atomic mass is 9.90. The molecule has 0 amide bonds. The van der Waals surface area contributed by atoms with Gasteiger partial charge in [-0.3, -0.25) is 4.79 Å². The average molecular weight is 337 g/mol. The molecule has 0 spiro atoms. The number of carbonyl (C=O) groups is 1. The highest BCUT2D eigenvalue weighted by Gasteiger charge is 2.30. The molecule has 2 aromatic carbocycles. The predicted molar refractivity (Wildman–Crippen MR) is 92.7 cm³/mol. The molecule has 1 aromatic heterocycles. The van der Waals surface area contributed by atoms with Gasteiger partial charge in [-0.1, -0.05) is 30.3 Å². The molecule has 0 saturated carbocycles. The van der Waals surface area contributed by atoms with Crippen molar-refractivity contribution in [2.45, 2.75) is 12.3 Å². The summed E-state index contributed by atoms with van der Waals surface area (Å²) in [5.41, 5.74) is 8.07. The first-order valence-corrected chi connectivity index (χ1v) is 7.99. The van der Waals surface area contributed by atoms with Gasteiger partial charge in [-0.15, -0.1) is 5.10 Å². The van der Waals surface area contributed by atoms with Crippen molar-refractivity contribution in [2.24, 2.45) is 0 Å². The summed E-state index contributed by atoms with van der Waals surface area (Å²) in [5, 5.41) is 7.44. The molecule has 6 nitrogen and oxygen atoms in total. The van der Waals surface area contributed by atoms with Crippen molar-refractivity contribution in [2.75, 3.05) is 17.6 Å². The van der Waals surface area contributed by atoms with Gasteiger partial charge >= 0.3 is 0 Å². The summed E-state index contributed by atoms with van der Waals surface area (Å²) in [4.78, 5) is 17.2. The molecule has 1 aliphatic rings. The molecule has 0 saturated heterocycles. The Morgan fingerprint density at radius 3 is 2.84 bits per heavy atom. The molecule has 2 heterocycles. The fourth-order valence-corrected chi connectivity index (χ4v) is 3.09. The SMILES string of the molecule is Nc1nc(-c2ccccc2)nn1C(=O)C1CCNc2ccc(F)cc21. The molecule has 3 N–H and O–H groups in total. The smallest absolute Gasteiger partial charge is 0.257 e. The fourth-order valence-electron chi connectivity index (χ4n) is 3.09. The summed E-state index contributed by atoms with van der Waals surface area (Å²) >= 11 is 0. The van der Waals surface area contributed by atoms with E-state index in [1.165, 1.54) is 12.1 Å². The number of benzene rings is 2. The number of aromatic nitrogens is 3. The van der Waals surface area contributed by atoms with E-state index in [4.69, 9.17) is 5.73 Å². The van der Waals surface area contributed by atoms with Gasteiger partial charge in [0, 0.05) is 17.8 Å². The van der Waals surface area contributed by atoms with Gasteiger partial charge in [-0.2, -0.15) is 9.67 Å². The number of fused-ring (bicyclic) bond motifs is 1. The summed E-state index contributed by atoms with van der Waals surface area (Å²) in [5.74, 6) is -0.780. The summed E-state index contributed by atoms with van der Waals surface area (Å²) in [6.07, 6.45) is 0.537. The Hall–Kier alpha value is -3.22. The molecule has 0 fully saturated rings. The van der Waals surface area contributed by atoms with Gasteiger partial charge < -0.3 is 11.1 Å². The summed E-state index contributed by atoms with van der Waals surface area (Å²) in [6.45, 7) is 0.620. The van der Waals surface area contributed by atoms with E-state index in [2.05, 4.69) is 15.4 Å². The maximum atomic E-state index is 13.6. The highest BCUT2D eigenvalue weighted by atomic mass is 19.1. The summed E-state index contributed by atoms with van der Waals surface area (Å²) in [7, 11) is 0. The largest absolute Gasteiger partial charge is 0.385 e. The van der Waals surface area contributed by atoms with E-state index in [0.29, 0.717) is 24.4 Å². The number of nitrogens with zero attached hydrogens (tertiary/aromatic N) is 3. The van der Waals surface area contributed by atoms with Crippen molar-refractivity contribution in [3.05, 3.63) is 59.9 Å². The van der Waals surface area contributed by atoms with Crippen molar-refractivity contribution in [1.82, 2.24) is 14.8 Å². The molecular weight excluding hydrogens is 321 g/mol. The van der Waals surface area contributed by atoms with Crippen LogP contribution in [0.3, 0.4) is 0 Å². The number of nitrogens with two attached hydrogens (primary N) is 1. The zero-order valence-electron chi connectivity index (χ0n) is 13.3. The standard InChI is InChI=1S/C18H16FN5O/c19-12-6-7-15-14(10-12)13(8-9-21-15)17(25)24-18(20)22-16(23-24)11-4-2-1-3-5-11/h1-7,10,13,21H,8-9H2,(H2,20,22,23). The number of rotatable bonds is 2. The van der Waals surface area contributed by atoms with Crippen LogP contribution in [0.15, 0.2) is 48.5 Å². The second kappa shape index (κ2) is 6.01. The van der Waals surface area contributed by atoms with Crippen LogP contribution in [0.5, 0.6) is 0 Å². The van der Waals surface area contributed by atoms with Crippen molar-refractivity contribution in [3.63, 3.8) is 0 Å². The number of anilines is 2. The van der Waals surface area contributed by atoms with Crippen LogP contribution in [0.25, 0.3) is 11.4 Å². The van der Waals surface area contributed by atoms with E-state index in [-0.39, 0.29) is 17.7 Å². The van der Waals surface area contributed by atoms with Crippen LogP contribution in [-0.4, -0.2) is 27.2 Å². The van der Waals surface area contributed by atoms with E-state index in [1.807, 2.05) is 30.3 Å². The van der Waals surface area contributed by atoms with E-state index in [1.54, 1.807) is 6.07 Å². The molecule has 1 atom stereocenters. The Kier molecular flexibility index (Phi) is 3.68. The molecule has 126 valence electrons. The van der Waals surface area contributed by atoms with Crippen LogP contribution in [0.1, 0.15) is 22.7 Å². The van der Waals surface area contributed by atoms with E-state index < -0.39 is 5.92 Å². The molecule has 0 aliphatic carbocycles. The first-order valence-electron chi connectivity index (χ1n) is 7.99. The molecule has 1 unspecified atom stereocenters. The van der Waals surface area contributed by atoms with Crippen molar-refractivity contribution in [3.8, 4) is 11.4 Å². The van der Waals surface area contributed by atoms with Gasteiger partial charge in [0.2, 0.25) is 5.95 Å². The zero-order chi connectivity index (χ0) is 17.4. The Morgan fingerprint density at radius 2 is 2.04 bits per heavy atom. The minimum atomic E-state index is -0.514. The molecule has 0 bridgehead atoms. The highest BCUT2D eigenvalue weighted by molar-refractivity contribution is 5.89. The molecular formula is C18H16FN5O. The maximum absolute atomic E-state index is 13.6. The summed E-state index contributed by atoms with van der Waals surface area (Å²) in [6, 6.07) is 13.7. The normalized spacial score (nSPS) is 16.1. The van der Waals surface area contributed by atoms with Crippen LogP contribution in [0, 0.1) is 5.82 Å². The van der Waals surface area contributed by atoms with Gasteiger partial charge in [0.1, 0.15) is 5.82 Å². The number of nitrogens with one attached hydrogen (secondary N) is 1. The van der Waals surface area contributed by atoms with E-state index in [0.717, 1.165) is 15.9 Å². The Balaban J connectivity index is 1.71. The minimum absolute atomic E-state index is 0.0281. The third-order valence-electron chi connectivity index (χ3n) is 4.31. The van der Waals surface area contributed by atoms with Crippen LogP contribution in [0.2, 0.25) is 0 Å². The Labute approximate surface area is 143 Å². The number of halogens is 1. The molecule has 0 radical (unpaired) electrons. The topological polar surface area (TPSA) is 85.8 Å². The lowest BCUT2D eigenvalue weighted by molar-refractivity contribution is 0.0859. The quantitative estimate of drug-likeness (QED) is 0.751. The second-order valence-electron chi connectivity index (χ2n) is 5.91. The lowest BCUT2D eigenvalue weighted by Gasteiger charge is -2.25. The minimum Gasteiger partial charge on any atom is -0.385 e. The molecule has 25 heavy (non-hydrogen) atoms. The molecule has 7 heteroatoms. The van der Waals surface area contributed by atoms with Crippen LogP contribution < -0.4 is 11.1 Å². The first-order chi connectivity index (χ1) is 12.1. The zero-order valence-corrected chi connectivity index (χ0v) is 13.3. The number of carbonyl (C=O) groups excluding carboxylic acids is 1. The number of hydrogen-bond acceptors (Lipinski definition) is 5. The maximum Gasteiger partial charge on any atom is 0.257 e. The first kappa shape index (κ1) is 15.3. The van der Waals surface area contributed by atoms with Crippen LogP contribution in [0.4, 0.5) is 16.0 Å². The summed E-state index contributed by atoms with van der Waals surface area (Å²) < 4.78 is 14.8. The van der Waals surface area contributed by atoms with Crippen molar-refractivity contribution < 1.29 is 9.18 Å². The van der Waals surface area contributed by atoms with Crippen LogP contribution >= 0.6 is 0 Å². The van der Waals surface area contributed by atoms with Gasteiger partial charge in [-0.25, -0.2) is 4.39 Å². The number of hydrogen-bond donors (Lipinski definition) is 2. The third-order valence-corrected chi connectivity index (χ3v) is 4.31. The Bertz CT molecular complexity index is 938. The van der Waals surface area contributed by atoms with E-state index in [9.17, 15) is 9.18 Å². The van der Waals surface area contributed by atoms with E-state index >= 15 is 0 Å². The van der Waals surface area contributed by atoms with Crippen molar-refractivity contribution >= 4 is 17.5 Å². The molecule has 4 rings (SSSR count). The van der Waals surface area contributed by atoms with Gasteiger partial charge in [-0.05, 0) is 30.2 Å². The van der Waals surface area contributed by atoms with Gasteiger partial charge in [0.05, 0.1) is 5.92 Å². The Morgan fingerprint density at radius 1 is 1.24 bits per heavy atom.